The molecule has 0 nitrogen and oxygen atoms in total. The zero-order valence-electron chi connectivity index (χ0n) is 9.59. The fraction of sp³-hybridized carbons (Fsp3) is 0.200. The van der Waals surface area contributed by atoms with Crippen LogP contribution in [0.1, 0.15) is 22.3 Å². The van der Waals surface area contributed by atoms with Crippen LogP contribution in [-0.4, -0.2) is 0 Å². The molecule has 0 aliphatic heterocycles. The van der Waals surface area contributed by atoms with E-state index in [1.54, 1.807) is 0 Å². The predicted octanol–water partition coefficient (Wildman–Crippen LogP) is 4.41. The Morgan fingerprint density at radius 2 is 1.40 bits per heavy atom. The third-order valence-corrected chi connectivity index (χ3v) is 3.06. The first-order chi connectivity index (χ1) is 7.13. The van der Waals surface area contributed by atoms with Crippen LogP contribution in [0.3, 0.4) is 0 Å². The van der Waals surface area contributed by atoms with E-state index >= 15 is 0 Å². The smallest absolute Gasteiger partial charge is 0.0146 e. The van der Waals surface area contributed by atoms with Crippen molar-refractivity contribution in [3.63, 3.8) is 0 Å². The summed E-state index contributed by atoms with van der Waals surface area (Å²) in [6, 6.07) is 8.86. The van der Waals surface area contributed by atoms with E-state index in [0.29, 0.717) is 0 Å². The van der Waals surface area contributed by atoms with Crippen LogP contribution < -0.4 is 0 Å². The number of benzene rings is 2. The van der Waals surface area contributed by atoms with Crippen molar-refractivity contribution in [1.29, 1.82) is 0 Å². The average molecular weight is 196 g/mol. The normalized spacial score (nSPS) is 10.6. The van der Waals surface area contributed by atoms with E-state index in [9.17, 15) is 0 Å². The molecule has 0 heteroatoms. The van der Waals surface area contributed by atoms with Crippen LogP contribution in [0.5, 0.6) is 0 Å². The van der Waals surface area contributed by atoms with Crippen molar-refractivity contribution in [2.45, 2.75) is 20.8 Å². The lowest BCUT2D eigenvalue weighted by atomic mass is 9.96. The van der Waals surface area contributed by atoms with Gasteiger partial charge in [-0.05, 0) is 59.9 Å². The summed E-state index contributed by atoms with van der Waals surface area (Å²) in [5.74, 6) is 0. The van der Waals surface area contributed by atoms with Crippen LogP contribution in [0.4, 0.5) is 0 Å². The third-order valence-electron chi connectivity index (χ3n) is 3.06. The van der Waals surface area contributed by atoms with Crippen LogP contribution in [0, 0.1) is 20.8 Å². The lowest BCUT2D eigenvalue weighted by molar-refractivity contribution is 1.42. The Morgan fingerprint density at radius 3 is 1.93 bits per heavy atom. The SMILES string of the molecule is C=Cc1cc2c(C)ccc(C)c2cc1C. The van der Waals surface area contributed by atoms with Gasteiger partial charge in [0.05, 0.1) is 0 Å². The Labute approximate surface area is 91.2 Å². The molecule has 2 rings (SSSR count). The molecule has 0 radical (unpaired) electrons. The van der Waals surface area contributed by atoms with Crippen molar-refractivity contribution < 1.29 is 0 Å². The Kier molecular flexibility index (Phi) is 2.36. The van der Waals surface area contributed by atoms with E-state index < -0.39 is 0 Å². The molecule has 0 aromatic heterocycles. The fourth-order valence-corrected chi connectivity index (χ4v) is 2.03. The zero-order valence-corrected chi connectivity index (χ0v) is 9.59. The van der Waals surface area contributed by atoms with Crippen LogP contribution >= 0.6 is 0 Å². The van der Waals surface area contributed by atoms with Crippen LogP contribution in [0.25, 0.3) is 16.8 Å². The van der Waals surface area contributed by atoms with Crippen LogP contribution in [0.15, 0.2) is 30.8 Å². The van der Waals surface area contributed by atoms with Gasteiger partial charge in [0, 0.05) is 0 Å². The minimum Gasteiger partial charge on any atom is -0.0985 e. The maximum atomic E-state index is 3.85. The van der Waals surface area contributed by atoms with Crippen molar-refractivity contribution in [2.24, 2.45) is 0 Å². The molecule has 0 N–H and O–H groups in total. The Hall–Kier alpha value is -1.56. The molecule has 15 heavy (non-hydrogen) atoms. The van der Waals surface area contributed by atoms with Gasteiger partial charge in [0.2, 0.25) is 0 Å². The maximum absolute atomic E-state index is 3.85. The molecule has 2 aromatic carbocycles. The largest absolute Gasteiger partial charge is 0.0985 e. The number of hydrogen-bond acceptors (Lipinski definition) is 0. The first-order valence-corrected chi connectivity index (χ1v) is 5.26. The molecule has 0 fully saturated rings. The van der Waals surface area contributed by atoms with Crippen LogP contribution in [0.2, 0.25) is 0 Å². The summed E-state index contributed by atoms with van der Waals surface area (Å²) >= 11 is 0. The molecule has 0 aliphatic carbocycles. The highest BCUT2D eigenvalue weighted by atomic mass is 14.1. The summed E-state index contributed by atoms with van der Waals surface area (Å²) in [5, 5.41) is 2.70. The Bertz CT molecular complexity index is 533. The van der Waals surface area contributed by atoms with Gasteiger partial charge in [0.25, 0.3) is 0 Å². The van der Waals surface area contributed by atoms with E-state index in [-0.39, 0.29) is 0 Å². The second kappa shape index (κ2) is 3.54. The summed E-state index contributed by atoms with van der Waals surface area (Å²) in [6.45, 7) is 10.3. The zero-order chi connectivity index (χ0) is 11.0. The molecule has 0 unspecified atom stereocenters. The van der Waals surface area contributed by atoms with Gasteiger partial charge in [0.1, 0.15) is 0 Å². The molecule has 0 saturated heterocycles. The van der Waals surface area contributed by atoms with Gasteiger partial charge in [0.15, 0.2) is 0 Å². The number of aryl methyl sites for hydroxylation is 3. The van der Waals surface area contributed by atoms with Crippen molar-refractivity contribution >= 4 is 16.8 Å². The van der Waals surface area contributed by atoms with Crippen molar-refractivity contribution in [3.05, 3.63) is 53.1 Å². The van der Waals surface area contributed by atoms with Gasteiger partial charge in [-0.3, -0.25) is 0 Å². The van der Waals surface area contributed by atoms with Gasteiger partial charge in [-0.2, -0.15) is 0 Å². The molecule has 0 spiro atoms. The number of hydrogen-bond donors (Lipinski definition) is 0. The summed E-state index contributed by atoms with van der Waals surface area (Å²) in [6.07, 6.45) is 1.93. The Morgan fingerprint density at radius 1 is 0.867 bits per heavy atom. The lowest BCUT2D eigenvalue weighted by Crippen LogP contribution is -1.87. The van der Waals surface area contributed by atoms with Gasteiger partial charge < -0.3 is 0 Å². The van der Waals surface area contributed by atoms with E-state index in [0.717, 1.165) is 0 Å². The summed E-state index contributed by atoms with van der Waals surface area (Å²) in [7, 11) is 0. The van der Waals surface area contributed by atoms with E-state index in [1.807, 2.05) is 6.08 Å². The Balaban J connectivity index is 2.92. The van der Waals surface area contributed by atoms with Gasteiger partial charge >= 0.3 is 0 Å². The molecule has 0 amide bonds. The molecule has 0 aliphatic rings. The number of rotatable bonds is 1. The average Bonchev–Trinajstić information content (AvgIpc) is 2.23. The third kappa shape index (κ3) is 1.56. The molecule has 0 bridgehead atoms. The highest BCUT2D eigenvalue weighted by molar-refractivity contribution is 5.91. The second-order valence-corrected chi connectivity index (χ2v) is 4.16. The number of fused-ring (bicyclic) bond motifs is 1. The summed E-state index contributed by atoms with van der Waals surface area (Å²) in [4.78, 5) is 0. The monoisotopic (exact) mass is 196 g/mol. The summed E-state index contributed by atoms with van der Waals surface area (Å²) in [5.41, 5.74) is 5.20. The minimum absolute atomic E-state index is 1.23. The topological polar surface area (TPSA) is 0 Å². The van der Waals surface area contributed by atoms with Gasteiger partial charge in [-0.25, -0.2) is 0 Å². The van der Waals surface area contributed by atoms with Gasteiger partial charge in [-0.15, -0.1) is 0 Å². The maximum Gasteiger partial charge on any atom is -0.0146 e. The first kappa shape index (κ1) is 9.97. The molecule has 76 valence electrons. The molecule has 0 saturated carbocycles. The highest BCUT2D eigenvalue weighted by Crippen LogP contribution is 2.26. The van der Waals surface area contributed by atoms with Crippen molar-refractivity contribution in [3.8, 4) is 0 Å². The van der Waals surface area contributed by atoms with Crippen LogP contribution in [-0.2, 0) is 0 Å². The molecule has 0 atom stereocenters. The van der Waals surface area contributed by atoms with Crippen molar-refractivity contribution in [1.82, 2.24) is 0 Å². The molecular weight excluding hydrogens is 180 g/mol. The lowest BCUT2D eigenvalue weighted by Gasteiger charge is -2.09. The first-order valence-electron chi connectivity index (χ1n) is 5.26. The predicted molar refractivity (Wildman–Crippen MR) is 68.3 cm³/mol. The quantitative estimate of drug-likeness (QED) is 0.633. The van der Waals surface area contributed by atoms with Crippen molar-refractivity contribution in [2.75, 3.05) is 0 Å². The minimum atomic E-state index is 1.23. The standard InChI is InChI=1S/C15H16/c1-5-13-9-15-11(3)7-6-10(2)14(15)8-12(13)4/h5-9H,1H2,2-4H3. The summed E-state index contributed by atoms with van der Waals surface area (Å²) < 4.78 is 0. The fourth-order valence-electron chi connectivity index (χ4n) is 2.03. The van der Waals surface area contributed by atoms with E-state index in [1.165, 1.54) is 33.0 Å². The van der Waals surface area contributed by atoms with E-state index in [4.69, 9.17) is 0 Å². The van der Waals surface area contributed by atoms with Gasteiger partial charge in [-0.1, -0.05) is 30.9 Å². The van der Waals surface area contributed by atoms with E-state index in [2.05, 4.69) is 51.6 Å². The molecule has 0 heterocycles. The second-order valence-electron chi connectivity index (χ2n) is 4.16. The molecule has 2 aromatic rings. The highest BCUT2D eigenvalue weighted by Gasteiger charge is 2.03. The molecular formula is C15H16.